The van der Waals surface area contributed by atoms with Gasteiger partial charge in [0.1, 0.15) is 5.92 Å². The van der Waals surface area contributed by atoms with E-state index in [0.29, 0.717) is 32.1 Å². The molecule has 154 valence electrons. The maximum absolute atomic E-state index is 13.0. The average molecular weight is 403 g/mol. The van der Waals surface area contributed by atoms with Crippen LogP contribution in [-0.2, 0) is 4.79 Å². The Morgan fingerprint density at radius 1 is 0.933 bits per heavy atom. The molecule has 7 heteroatoms. The van der Waals surface area contributed by atoms with Crippen LogP contribution in [0, 0.1) is 5.92 Å². The molecule has 0 aromatic heterocycles. The van der Waals surface area contributed by atoms with Crippen LogP contribution in [0.25, 0.3) is 0 Å². The summed E-state index contributed by atoms with van der Waals surface area (Å²) >= 11 is 0. The zero-order valence-electron chi connectivity index (χ0n) is 16.9. The molecule has 0 saturated carbocycles. The van der Waals surface area contributed by atoms with Gasteiger partial charge in [0.15, 0.2) is 0 Å². The van der Waals surface area contributed by atoms with Gasteiger partial charge in [-0.05, 0) is 37.1 Å². The smallest absolute Gasteiger partial charge is 0.261 e. The molecule has 0 spiro atoms. The Kier molecular flexibility index (Phi) is 4.94. The molecular weight excluding hydrogens is 378 g/mol. The van der Waals surface area contributed by atoms with Gasteiger partial charge < -0.3 is 14.7 Å². The molecule has 0 N–H and O–H groups in total. The zero-order chi connectivity index (χ0) is 20.5. The number of carbonyl (C=O) groups excluding carboxylic acids is 2. The van der Waals surface area contributed by atoms with Gasteiger partial charge in [0, 0.05) is 50.5 Å². The second-order valence-corrected chi connectivity index (χ2v) is 8.03. The molecule has 0 bridgehead atoms. The maximum atomic E-state index is 13.0. The van der Waals surface area contributed by atoms with E-state index in [1.165, 1.54) is 12.8 Å². The van der Waals surface area contributed by atoms with E-state index in [-0.39, 0.29) is 17.7 Å². The van der Waals surface area contributed by atoms with Crippen molar-refractivity contribution in [2.45, 2.75) is 12.8 Å². The van der Waals surface area contributed by atoms with Crippen molar-refractivity contribution in [3.8, 4) is 0 Å². The van der Waals surface area contributed by atoms with Gasteiger partial charge in [-0.15, -0.1) is 0 Å². The molecule has 0 radical (unpaired) electrons. The van der Waals surface area contributed by atoms with Crippen molar-refractivity contribution in [2.24, 2.45) is 15.9 Å². The fourth-order valence-corrected chi connectivity index (χ4v) is 4.40. The van der Waals surface area contributed by atoms with Crippen LogP contribution in [0.5, 0.6) is 0 Å². The standard InChI is InChI=1S/C23H25N5O2/c29-21-19-8-1-2-9-20(19)24-23(25-21)28-14-12-27(13-15-28)22(30)17-6-5-7-18(16-17)26-10-3-4-11-26/h1-2,5-9,16,19H,3-4,10-15H2. The second kappa shape index (κ2) is 7.89. The van der Waals surface area contributed by atoms with E-state index in [4.69, 9.17) is 0 Å². The molecule has 3 aliphatic heterocycles. The molecule has 30 heavy (non-hydrogen) atoms. The molecule has 7 nitrogen and oxygen atoms in total. The highest BCUT2D eigenvalue weighted by Crippen LogP contribution is 2.23. The largest absolute Gasteiger partial charge is 0.372 e. The van der Waals surface area contributed by atoms with Crippen LogP contribution in [0.4, 0.5) is 5.69 Å². The summed E-state index contributed by atoms with van der Waals surface area (Å²) in [6, 6.07) is 7.96. The maximum Gasteiger partial charge on any atom is 0.261 e. The van der Waals surface area contributed by atoms with Crippen LogP contribution < -0.4 is 4.90 Å². The molecule has 1 atom stereocenters. The number of amides is 2. The van der Waals surface area contributed by atoms with Crippen molar-refractivity contribution < 1.29 is 9.59 Å². The van der Waals surface area contributed by atoms with E-state index < -0.39 is 0 Å². The Bertz CT molecular complexity index is 979. The highest BCUT2D eigenvalue weighted by Gasteiger charge is 2.30. The number of benzene rings is 1. The third-order valence-corrected chi connectivity index (χ3v) is 6.12. The molecule has 1 unspecified atom stereocenters. The van der Waals surface area contributed by atoms with E-state index in [2.05, 4.69) is 21.0 Å². The lowest BCUT2D eigenvalue weighted by molar-refractivity contribution is -0.118. The predicted octanol–water partition coefficient (Wildman–Crippen LogP) is 2.12. The molecule has 2 amide bonds. The number of allylic oxidation sites excluding steroid dienone is 3. The first-order valence-corrected chi connectivity index (χ1v) is 10.6. The van der Waals surface area contributed by atoms with Crippen LogP contribution >= 0.6 is 0 Å². The van der Waals surface area contributed by atoms with Gasteiger partial charge in [-0.3, -0.25) is 9.59 Å². The molecule has 5 rings (SSSR count). The minimum atomic E-state index is -0.357. The van der Waals surface area contributed by atoms with Crippen molar-refractivity contribution in [3.05, 3.63) is 54.1 Å². The first-order chi connectivity index (χ1) is 14.7. The Morgan fingerprint density at radius 2 is 1.73 bits per heavy atom. The summed E-state index contributed by atoms with van der Waals surface area (Å²) in [5.41, 5.74) is 2.61. The Hall–Kier alpha value is -3.22. The quantitative estimate of drug-likeness (QED) is 0.759. The van der Waals surface area contributed by atoms with E-state index in [9.17, 15) is 9.59 Å². The molecule has 1 aromatic carbocycles. The summed E-state index contributed by atoms with van der Waals surface area (Å²) in [7, 11) is 0. The first-order valence-electron chi connectivity index (χ1n) is 10.6. The summed E-state index contributed by atoms with van der Waals surface area (Å²) in [6.07, 6.45) is 9.86. The number of hydrogen-bond acceptors (Lipinski definition) is 5. The lowest BCUT2D eigenvalue weighted by Gasteiger charge is -2.36. The van der Waals surface area contributed by atoms with Gasteiger partial charge in [-0.1, -0.05) is 24.3 Å². The fraction of sp³-hybridized carbons (Fsp3) is 0.391. The average Bonchev–Trinajstić information content (AvgIpc) is 3.34. The summed E-state index contributed by atoms with van der Waals surface area (Å²) in [6.45, 7) is 4.53. The zero-order valence-corrected chi connectivity index (χ0v) is 16.9. The van der Waals surface area contributed by atoms with Crippen molar-refractivity contribution in [2.75, 3.05) is 44.2 Å². The van der Waals surface area contributed by atoms with E-state index in [1.54, 1.807) is 0 Å². The van der Waals surface area contributed by atoms with Crippen LogP contribution in [0.2, 0.25) is 0 Å². The van der Waals surface area contributed by atoms with Crippen molar-refractivity contribution in [3.63, 3.8) is 0 Å². The monoisotopic (exact) mass is 403 g/mol. The van der Waals surface area contributed by atoms with Gasteiger partial charge in [-0.25, -0.2) is 4.99 Å². The highest BCUT2D eigenvalue weighted by molar-refractivity contribution is 6.21. The van der Waals surface area contributed by atoms with Crippen molar-refractivity contribution >= 4 is 29.2 Å². The second-order valence-electron chi connectivity index (χ2n) is 8.03. The van der Waals surface area contributed by atoms with E-state index in [0.717, 1.165) is 30.1 Å². The van der Waals surface area contributed by atoms with Crippen LogP contribution in [0.3, 0.4) is 0 Å². The number of hydrogen-bond donors (Lipinski definition) is 0. The fourth-order valence-electron chi connectivity index (χ4n) is 4.40. The van der Waals surface area contributed by atoms with Gasteiger partial charge in [-0.2, -0.15) is 4.99 Å². The van der Waals surface area contributed by atoms with Gasteiger partial charge in [0.2, 0.25) is 5.96 Å². The molecule has 3 heterocycles. The minimum Gasteiger partial charge on any atom is -0.372 e. The molecule has 1 aromatic rings. The summed E-state index contributed by atoms with van der Waals surface area (Å²) in [5.74, 6) is -0.00394. The van der Waals surface area contributed by atoms with E-state index in [1.807, 2.05) is 52.3 Å². The number of anilines is 1. The summed E-state index contributed by atoms with van der Waals surface area (Å²) < 4.78 is 0. The number of rotatable bonds is 2. The number of piperazine rings is 1. The predicted molar refractivity (Wildman–Crippen MR) is 117 cm³/mol. The van der Waals surface area contributed by atoms with Gasteiger partial charge in [0.05, 0.1) is 5.71 Å². The number of guanidine groups is 1. The first kappa shape index (κ1) is 18.8. The molecule has 1 aliphatic carbocycles. The lowest BCUT2D eigenvalue weighted by Crippen LogP contribution is -2.51. The SMILES string of the molecule is O=C1N=C(N2CCN(C(=O)c3cccc(N4CCCC4)c3)CC2)N=C2C=CC=CC12. The van der Waals surface area contributed by atoms with Crippen LogP contribution in [0.1, 0.15) is 23.2 Å². The van der Waals surface area contributed by atoms with Crippen LogP contribution in [-0.4, -0.2) is 72.6 Å². The summed E-state index contributed by atoms with van der Waals surface area (Å²) in [5, 5.41) is 0. The van der Waals surface area contributed by atoms with Crippen LogP contribution in [0.15, 0.2) is 58.6 Å². The number of carbonyl (C=O) groups is 2. The summed E-state index contributed by atoms with van der Waals surface area (Å²) in [4.78, 5) is 40.4. The molecule has 4 aliphatic rings. The van der Waals surface area contributed by atoms with Crippen molar-refractivity contribution in [1.82, 2.24) is 9.80 Å². The topological polar surface area (TPSA) is 68.6 Å². The molecule has 2 fully saturated rings. The Balaban J connectivity index is 1.24. The lowest BCUT2D eigenvalue weighted by atomic mass is 9.97. The Morgan fingerprint density at radius 3 is 2.53 bits per heavy atom. The third-order valence-electron chi connectivity index (χ3n) is 6.12. The van der Waals surface area contributed by atoms with Gasteiger partial charge in [0.25, 0.3) is 11.8 Å². The van der Waals surface area contributed by atoms with E-state index >= 15 is 0 Å². The number of fused-ring (bicyclic) bond motifs is 1. The molecule has 2 saturated heterocycles. The minimum absolute atomic E-state index is 0.0593. The van der Waals surface area contributed by atoms with Crippen molar-refractivity contribution in [1.29, 1.82) is 0 Å². The normalized spacial score (nSPS) is 23.4. The third kappa shape index (κ3) is 3.56. The van der Waals surface area contributed by atoms with Gasteiger partial charge >= 0.3 is 0 Å². The number of nitrogens with zero attached hydrogens (tertiary/aromatic N) is 5. The highest BCUT2D eigenvalue weighted by atomic mass is 16.2. The Labute approximate surface area is 176 Å². The molecular formula is C23H25N5O2. The number of aliphatic imine (C=N–C) groups is 2.